The van der Waals surface area contributed by atoms with Gasteiger partial charge < -0.3 is 9.84 Å². The SMILES string of the molecule is CCOC(=O)CCCCSc1ncnc2c(O)n(C)nc12. The van der Waals surface area contributed by atoms with E-state index in [-0.39, 0.29) is 11.8 Å². The van der Waals surface area contributed by atoms with Gasteiger partial charge in [-0.1, -0.05) is 0 Å². The molecule has 8 heteroatoms. The lowest BCUT2D eigenvalue weighted by Crippen LogP contribution is -2.03. The van der Waals surface area contributed by atoms with E-state index in [1.54, 1.807) is 25.7 Å². The highest BCUT2D eigenvalue weighted by atomic mass is 32.2. The van der Waals surface area contributed by atoms with Gasteiger partial charge in [-0.3, -0.25) is 4.79 Å². The predicted octanol–water partition coefficient (Wildman–Crippen LogP) is 1.89. The van der Waals surface area contributed by atoms with Crippen molar-refractivity contribution < 1.29 is 14.6 Å². The third-order valence-corrected chi connectivity index (χ3v) is 3.94. The molecule has 0 aliphatic heterocycles. The molecule has 0 spiro atoms. The average molecular weight is 310 g/mol. The topological polar surface area (TPSA) is 90.1 Å². The minimum atomic E-state index is -0.151. The van der Waals surface area contributed by atoms with Crippen molar-refractivity contribution in [1.29, 1.82) is 0 Å². The number of esters is 1. The molecule has 0 bridgehead atoms. The number of aromatic nitrogens is 4. The number of aryl methyl sites for hydroxylation is 1. The summed E-state index contributed by atoms with van der Waals surface area (Å²) in [5.41, 5.74) is 1.06. The van der Waals surface area contributed by atoms with E-state index in [0.29, 0.717) is 24.1 Å². The van der Waals surface area contributed by atoms with Gasteiger partial charge in [-0.2, -0.15) is 5.10 Å². The van der Waals surface area contributed by atoms with Crippen molar-refractivity contribution in [2.75, 3.05) is 12.4 Å². The average Bonchev–Trinajstić information content (AvgIpc) is 2.75. The molecule has 21 heavy (non-hydrogen) atoms. The molecule has 114 valence electrons. The summed E-state index contributed by atoms with van der Waals surface area (Å²) < 4.78 is 6.25. The molecule has 0 fully saturated rings. The van der Waals surface area contributed by atoms with Crippen LogP contribution in [0.3, 0.4) is 0 Å². The van der Waals surface area contributed by atoms with Crippen LogP contribution in [0.15, 0.2) is 11.4 Å². The standard InChI is InChI=1S/C13H18N4O3S/c1-3-20-9(18)6-4-5-7-21-12-10-11(14-8-15-12)13(19)17(2)16-10/h8,19H,3-7H2,1-2H3. The minimum Gasteiger partial charge on any atom is -0.492 e. The van der Waals surface area contributed by atoms with Crippen LogP contribution in [0.2, 0.25) is 0 Å². The van der Waals surface area contributed by atoms with Crippen LogP contribution >= 0.6 is 11.8 Å². The fourth-order valence-corrected chi connectivity index (χ4v) is 2.78. The summed E-state index contributed by atoms with van der Waals surface area (Å²) in [6.07, 6.45) is 3.53. The van der Waals surface area contributed by atoms with Gasteiger partial charge in [0, 0.05) is 13.5 Å². The van der Waals surface area contributed by atoms with E-state index in [0.717, 1.165) is 23.6 Å². The molecule has 2 rings (SSSR count). The first-order valence-electron chi connectivity index (χ1n) is 6.78. The number of carbonyl (C=O) groups is 1. The molecule has 0 saturated heterocycles. The van der Waals surface area contributed by atoms with Crippen LogP contribution < -0.4 is 0 Å². The first-order chi connectivity index (χ1) is 10.1. The second kappa shape index (κ2) is 7.26. The molecule has 0 aromatic carbocycles. The van der Waals surface area contributed by atoms with Crippen LogP contribution in [0.1, 0.15) is 26.2 Å². The van der Waals surface area contributed by atoms with Gasteiger partial charge in [-0.05, 0) is 25.5 Å². The molecule has 0 unspecified atom stereocenters. The fourth-order valence-electron chi connectivity index (χ4n) is 1.85. The Morgan fingerprint density at radius 3 is 2.95 bits per heavy atom. The predicted molar refractivity (Wildman–Crippen MR) is 79.2 cm³/mol. The van der Waals surface area contributed by atoms with Gasteiger partial charge in [0.2, 0.25) is 5.88 Å². The number of hydrogen-bond acceptors (Lipinski definition) is 7. The van der Waals surface area contributed by atoms with E-state index in [1.165, 1.54) is 11.0 Å². The molecule has 2 heterocycles. The van der Waals surface area contributed by atoms with Crippen molar-refractivity contribution in [1.82, 2.24) is 19.7 Å². The third-order valence-electron chi connectivity index (χ3n) is 2.88. The van der Waals surface area contributed by atoms with Crippen LogP contribution in [0.5, 0.6) is 5.88 Å². The molecule has 0 amide bonds. The first kappa shape index (κ1) is 15.6. The highest BCUT2D eigenvalue weighted by Gasteiger charge is 2.13. The number of thioether (sulfide) groups is 1. The van der Waals surface area contributed by atoms with Crippen molar-refractivity contribution in [2.45, 2.75) is 31.2 Å². The fraction of sp³-hybridized carbons (Fsp3) is 0.538. The van der Waals surface area contributed by atoms with Crippen molar-refractivity contribution in [3.8, 4) is 5.88 Å². The summed E-state index contributed by atoms with van der Waals surface area (Å²) in [5.74, 6) is 0.709. The van der Waals surface area contributed by atoms with E-state index in [1.807, 2.05) is 0 Å². The molecular weight excluding hydrogens is 292 g/mol. The van der Waals surface area contributed by atoms with E-state index in [2.05, 4.69) is 15.1 Å². The highest BCUT2D eigenvalue weighted by Crippen LogP contribution is 2.28. The Balaban J connectivity index is 1.87. The Labute approximate surface area is 126 Å². The van der Waals surface area contributed by atoms with Gasteiger partial charge in [0.15, 0.2) is 5.52 Å². The molecule has 0 aliphatic rings. The maximum absolute atomic E-state index is 11.2. The number of aromatic hydroxyl groups is 1. The summed E-state index contributed by atoms with van der Waals surface area (Å²) in [6.45, 7) is 2.23. The number of fused-ring (bicyclic) bond motifs is 1. The number of rotatable bonds is 7. The largest absolute Gasteiger partial charge is 0.492 e. The van der Waals surface area contributed by atoms with Gasteiger partial charge in [-0.15, -0.1) is 11.8 Å². The molecule has 0 aliphatic carbocycles. The molecule has 0 saturated carbocycles. The van der Waals surface area contributed by atoms with Gasteiger partial charge in [0.05, 0.1) is 6.61 Å². The molecular formula is C13H18N4O3S. The van der Waals surface area contributed by atoms with E-state index in [4.69, 9.17) is 4.74 Å². The van der Waals surface area contributed by atoms with Crippen LogP contribution in [-0.2, 0) is 16.6 Å². The van der Waals surface area contributed by atoms with Crippen molar-refractivity contribution in [3.63, 3.8) is 0 Å². The van der Waals surface area contributed by atoms with Crippen LogP contribution in [-0.4, -0.2) is 43.2 Å². The van der Waals surface area contributed by atoms with E-state index < -0.39 is 0 Å². The van der Waals surface area contributed by atoms with Crippen LogP contribution in [0.4, 0.5) is 0 Å². The van der Waals surface area contributed by atoms with Crippen molar-refractivity contribution >= 4 is 28.8 Å². The van der Waals surface area contributed by atoms with E-state index in [9.17, 15) is 9.90 Å². The normalized spacial score (nSPS) is 11.0. The zero-order valence-electron chi connectivity index (χ0n) is 12.1. The number of hydrogen-bond donors (Lipinski definition) is 1. The maximum Gasteiger partial charge on any atom is 0.305 e. The van der Waals surface area contributed by atoms with Crippen molar-refractivity contribution in [3.05, 3.63) is 6.33 Å². The Hall–Kier alpha value is -1.83. The zero-order chi connectivity index (χ0) is 15.2. The Bertz CT molecular complexity index is 629. The quantitative estimate of drug-likeness (QED) is 0.361. The van der Waals surface area contributed by atoms with Gasteiger partial charge >= 0.3 is 5.97 Å². The molecule has 0 atom stereocenters. The van der Waals surface area contributed by atoms with Crippen LogP contribution in [0, 0.1) is 0 Å². The summed E-state index contributed by atoms with van der Waals surface area (Å²) in [6, 6.07) is 0. The lowest BCUT2D eigenvalue weighted by Gasteiger charge is -2.02. The smallest absolute Gasteiger partial charge is 0.305 e. The Morgan fingerprint density at radius 1 is 1.38 bits per heavy atom. The first-order valence-corrected chi connectivity index (χ1v) is 7.77. The number of carbonyl (C=O) groups excluding carboxylic acids is 1. The molecule has 2 aromatic heterocycles. The summed E-state index contributed by atoms with van der Waals surface area (Å²) in [7, 11) is 1.66. The highest BCUT2D eigenvalue weighted by molar-refractivity contribution is 7.99. The van der Waals surface area contributed by atoms with Gasteiger partial charge in [-0.25, -0.2) is 14.6 Å². The van der Waals surface area contributed by atoms with Gasteiger partial charge in [0.25, 0.3) is 0 Å². The Kier molecular flexibility index (Phi) is 5.38. The lowest BCUT2D eigenvalue weighted by molar-refractivity contribution is -0.143. The molecule has 7 nitrogen and oxygen atoms in total. The lowest BCUT2D eigenvalue weighted by atomic mass is 10.2. The minimum absolute atomic E-state index is 0.0385. The monoisotopic (exact) mass is 310 g/mol. The molecule has 1 N–H and O–H groups in total. The number of nitrogens with zero attached hydrogens (tertiary/aromatic N) is 4. The summed E-state index contributed by atoms with van der Waals surface area (Å²) in [4.78, 5) is 19.4. The molecule has 0 radical (unpaired) electrons. The Morgan fingerprint density at radius 2 is 2.19 bits per heavy atom. The maximum atomic E-state index is 11.2. The number of unbranched alkanes of at least 4 members (excludes halogenated alkanes) is 1. The summed E-state index contributed by atoms with van der Waals surface area (Å²) in [5, 5.41) is 14.7. The van der Waals surface area contributed by atoms with Gasteiger partial charge in [0.1, 0.15) is 16.9 Å². The number of ether oxygens (including phenoxy) is 1. The zero-order valence-corrected chi connectivity index (χ0v) is 12.9. The van der Waals surface area contributed by atoms with Crippen LogP contribution in [0.25, 0.3) is 11.0 Å². The molecule has 2 aromatic rings. The van der Waals surface area contributed by atoms with Crippen molar-refractivity contribution in [2.24, 2.45) is 7.05 Å². The second-order valence-electron chi connectivity index (χ2n) is 4.43. The van der Waals surface area contributed by atoms with E-state index >= 15 is 0 Å². The summed E-state index contributed by atoms with van der Waals surface area (Å²) >= 11 is 1.55. The second-order valence-corrected chi connectivity index (χ2v) is 5.52. The third kappa shape index (κ3) is 3.84.